The van der Waals surface area contributed by atoms with Gasteiger partial charge >= 0.3 is 12.0 Å². The molecule has 1 aliphatic rings. The molecule has 14 heavy (non-hydrogen) atoms. The van der Waals surface area contributed by atoms with E-state index < -0.39 is 32.3 Å². The summed E-state index contributed by atoms with van der Waals surface area (Å²) in [6.07, 6.45) is -8.43. The van der Waals surface area contributed by atoms with E-state index in [-0.39, 0.29) is 0 Å². The van der Waals surface area contributed by atoms with Crippen molar-refractivity contribution in [2.75, 3.05) is 0 Å². The molecule has 0 N–H and O–H groups in total. The van der Waals surface area contributed by atoms with Crippen LogP contribution in [0.25, 0.3) is 0 Å². The molecule has 1 rings (SSSR count). The highest BCUT2D eigenvalue weighted by Crippen LogP contribution is 2.48. The van der Waals surface area contributed by atoms with Crippen LogP contribution in [0.3, 0.4) is 0 Å². The van der Waals surface area contributed by atoms with Gasteiger partial charge in [0.2, 0.25) is 14.5 Å². The van der Waals surface area contributed by atoms with Crippen LogP contribution < -0.4 is 0 Å². The Morgan fingerprint density at radius 2 is 1.50 bits per heavy atom. The molecule has 84 valence electrons. The molecule has 2 unspecified atom stereocenters. The zero-order valence-corrected chi connectivity index (χ0v) is 8.33. The third-order valence-corrected chi connectivity index (χ3v) is 4.45. The Morgan fingerprint density at radius 3 is 1.93 bits per heavy atom. The molecule has 0 saturated carbocycles. The van der Waals surface area contributed by atoms with Crippen LogP contribution in [0.15, 0.2) is 0 Å². The Balaban J connectivity index is 3.09. The largest absolute Gasteiger partial charge is 0.413 e. The molecular formula is C6H8F6OSi. The van der Waals surface area contributed by atoms with Gasteiger partial charge in [0, 0.05) is 0 Å². The van der Waals surface area contributed by atoms with Crippen LogP contribution in [0.2, 0.25) is 13.1 Å². The smallest absolute Gasteiger partial charge is 0.355 e. The van der Waals surface area contributed by atoms with Crippen molar-refractivity contribution in [3.05, 3.63) is 0 Å². The summed E-state index contributed by atoms with van der Waals surface area (Å²) in [7, 11) is -3.75. The molecule has 0 radical (unpaired) electrons. The van der Waals surface area contributed by atoms with Crippen molar-refractivity contribution in [1.29, 1.82) is 0 Å². The molecular weight excluding hydrogens is 230 g/mol. The van der Waals surface area contributed by atoms with Gasteiger partial charge in [-0.3, -0.25) is 0 Å². The fraction of sp³-hybridized carbons (Fsp3) is 1.00. The van der Waals surface area contributed by atoms with Crippen LogP contribution in [0.5, 0.6) is 0 Å². The van der Waals surface area contributed by atoms with Gasteiger partial charge < -0.3 is 4.43 Å². The van der Waals surface area contributed by atoms with Crippen LogP contribution in [0.1, 0.15) is 0 Å². The van der Waals surface area contributed by atoms with E-state index in [2.05, 4.69) is 4.43 Å². The predicted octanol–water partition coefficient (Wildman–Crippen LogP) is 2.67. The average molecular weight is 238 g/mol. The minimum Gasteiger partial charge on any atom is -0.355 e. The van der Waals surface area contributed by atoms with Gasteiger partial charge in [-0.05, 0) is 13.1 Å². The second-order valence-electron chi connectivity index (χ2n) is 3.65. The van der Waals surface area contributed by atoms with Gasteiger partial charge in [-0.1, -0.05) is 0 Å². The van der Waals surface area contributed by atoms with E-state index in [0.29, 0.717) is 0 Å². The number of hydrogen-bond donors (Lipinski definition) is 0. The molecule has 1 fully saturated rings. The molecule has 0 aromatic rings. The highest BCUT2D eigenvalue weighted by Gasteiger charge is 2.73. The Kier molecular flexibility index (Phi) is 2.43. The molecule has 1 aliphatic heterocycles. The fourth-order valence-corrected chi connectivity index (χ4v) is 2.97. The molecule has 0 bridgehead atoms. The molecule has 0 aromatic heterocycles. The first-order chi connectivity index (χ1) is 6.02. The number of alkyl halides is 6. The van der Waals surface area contributed by atoms with Gasteiger partial charge in [0.15, 0.2) is 5.79 Å². The monoisotopic (exact) mass is 238 g/mol. The Labute approximate surface area is 77.2 Å². The molecule has 1 saturated heterocycles. The second kappa shape index (κ2) is 2.88. The first-order valence-corrected chi connectivity index (χ1v) is 6.75. The summed E-state index contributed by atoms with van der Waals surface area (Å²) in [5, 5.41) is 0. The van der Waals surface area contributed by atoms with Gasteiger partial charge in [-0.25, -0.2) is 8.78 Å². The van der Waals surface area contributed by atoms with Crippen molar-refractivity contribution in [3.63, 3.8) is 0 Å². The topological polar surface area (TPSA) is 9.23 Å². The fourth-order valence-electron chi connectivity index (χ4n) is 1.15. The first kappa shape index (κ1) is 11.8. The van der Waals surface area contributed by atoms with Crippen molar-refractivity contribution in [3.8, 4) is 0 Å². The van der Waals surface area contributed by atoms with Gasteiger partial charge in [0.25, 0.3) is 0 Å². The third kappa shape index (κ3) is 1.44. The SMILES string of the molecule is C[Si]1(C)OC(F)(F)C(F)(F)C(F)C1F. The summed E-state index contributed by atoms with van der Waals surface area (Å²) in [5.74, 6) is -7.76. The Hall–Kier alpha value is -0.243. The molecule has 2 atom stereocenters. The van der Waals surface area contributed by atoms with Gasteiger partial charge in [-0.2, -0.15) is 17.6 Å². The zero-order valence-electron chi connectivity index (χ0n) is 7.33. The lowest BCUT2D eigenvalue weighted by molar-refractivity contribution is -0.348. The highest BCUT2D eigenvalue weighted by atomic mass is 28.4. The first-order valence-electron chi connectivity index (χ1n) is 3.76. The van der Waals surface area contributed by atoms with Crippen LogP contribution in [0, 0.1) is 0 Å². The van der Waals surface area contributed by atoms with E-state index >= 15 is 0 Å². The van der Waals surface area contributed by atoms with Crippen molar-refractivity contribution < 1.29 is 30.8 Å². The maximum Gasteiger partial charge on any atom is 0.413 e. The lowest BCUT2D eigenvalue weighted by Crippen LogP contribution is -2.68. The average Bonchev–Trinajstić information content (AvgIpc) is 1.97. The van der Waals surface area contributed by atoms with E-state index in [1.54, 1.807) is 0 Å². The van der Waals surface area contributed by atoms with E-state index in [1.165, 1.54) is 0 Å². The third-order valence-electron chi connectivity index (χ3n) is 2.05. The normalized spacial score (nSPS) is 39.4. The molecule has 1 heterocycles. The summed E-state index contributed by atoms with van der Waals surface area (Å²) in [4.78, 5) is 0. The maximum absolute atomic E-state index is 12.9. The Morgan fingerprint density at radius 1 is 1.07 bits per heavy atom. The highest BCUT2D eigenvalue weighted by molar-refractivity contribution is 6.72. The lowest BCUT2D eigenvalue weighted by atomic mass is 10.2. The van der Waals surface area contributed by atoms with Gasteiger partial charge in [-0.15, -0.1) is 0 Å². The predicted molar refractivity (Wildman–Crippen MR) is 38.3 cm³/mol. The minimum absolute atomic E-state index is 0.924. The van der Waals surface area contributed by atoms with Crippen molar-refractivity contribution in [2.45, 2.75) is 37.1 Å². The zero-order chi connectivity index (χ0) is 11.4. The standard InChI is InChI=1S/C6H8F6OSi/c1-14(2)4(8)3(7)5(9,10)6(11,12)13-14/h3-4H,1-2H3. The summed E-state index contributed by atoms with van der Waals surface area (Å²) in [5.41, 5.74) is 0. The van der Waals surface area contributed by atoms with Gasteiger partial charge in [0.1, 0.15) is 0 Å². The minimum atomic E-state index is -5.10. The molecule has 8 heteroatoms. The lowest BCUT2D eigenvalue weighted by Gasteiger charge is -2.43. The molecule has 1 nitrogen and oxygen atoms in total. The maximum atomic E-state index is 12.9. The van der Waals surface area contributed by atoms with E-state index in [1.807, 2.05) is 0 Å². The van der Waals surface area contributed by atoms with Crippen LogP contribution in [0.4, 0.5) is 26.3 Å². The summed E-state index contributed by atoms with van der Waals surface area (Å²) in [6.45, 7) is 1.85. The molecule has 0 aliphatic carbocycles. The van der Waals surface area contributed by atoms with Crippen LogP contribution >= 0.6 is 0 Å². The number of rotatable bonds is 0. The van der Waals surface area contributed by atoms with E-state index in [0.717, 1.165) is 13.1 Å². The van der Waals surface area contributed by atoms with Crippen molar-refractivity contribution in [1.82, 2.24) is 0 Å². The molecule has 0 amide bonds. The quantitative estimate of drug-likeness (QED) is 0.465. The van der Waals surface area contributed by atoms with Crippen LogP contribution in [-0.4, -0.2) is 32.3 Å². The van der Waals surface area contributed by atoms with Crippen molar-refractivity contribution in [2.24, 2.45) is 0 Å². The molecule has 0 spiro atoms. The van der Waals surface area contributed by atoms with Gasteiger partial charge in [0.05, 0.1) is 0 Å². The van der Waals surface area contributed by atoms with E-state index in [4.69, 9.17) is 0 Å². The van der Waals surface area contributed by atoms with Crippen LogP contribution in [-0.2, 0) is 4.43 Å². The number of halogens is 6. The number of hydrogen-bond acceptors (Lipinski definition) is 1. The van der Waals surface area contributed by atoms with Crippen molar-refractivity contribution >= 4 is 8.32 Å². The Bertz CT molecular complexity index is 242. The molecule has 0 aromatic carbocycles. The summed E-state index contributed by atoms with van der Waals surface area (Å²) >= 11 is 0. The van der Waals surface area contributed by atoms with E-state index in [9.17, 15) is 26.3 Å². The summed E-state index contributed by atoms with van der Waals surface area (Å²) in [6, 6.07) is 0. The second-order valence-corrected chi connectivity index (χ2v) is 7.61. The summed E-state index contributed by atoms with van der Waals surface area (Å²) < 4.78 is 79.5.